The molecular weight excluding hydrogens is 224 g/mol. The van der Waals surface area contributed by atoms with Crippen LogP contribution >= 0.6 is 0 Å². The standard InChI is InChI=1S/C15H24N2O/c1-17-14(10-11-16-17)8-9-15(18)12-13-6-4-2-3-5-7-13/h10-11,13H,2-9,12H2,1H3. The molecule has 3 nitrogen and oxygen atoms in total. The van der Waals surface area contributed by atoms with E-state index in [0.717, 1.165) is 18.5 Å². The average molecular weight is 248 g/mol. The van der Waals surface area contributed by atoms with E-state index in [9.17, 15) is 4.79 Å². The molecule has 3 heteroatoms. The Bertz CT molecular complexity index is 376. The predicted molar refractivity (Wildman–Crippen MR) is 72.3 cm³/mol. The van der Waals surface area contributed by atoms with Crippen LogP contribution in [0.1, 0.15) is 57.1 Å². The molecular formula is C15H24N2O. The molecule has 2 rings (SSSR count). The summed E-state index contributed by atoms with van der Waals surface area (Å²) in [6.45, 7) is 0. The van der Waals surface area contributed by atoms with Crippen LogP contribution in [0.25, 0.3) is 0 Å². The van der Waals surface area contributed by atoms with E-state index in [0.29, 0.717) is 18.1 Å². The molecule has 0 amide bonds. The van der Waals surface area contributed by atoms with E-state index in [1.807, 2.05) is 17.8 Å². The van der Waals surface area contributed by atoms with E-state index in [4.69, 9.17) is 0 Å². The summed E-state index contributed by atoms with van der Waals surface area (Å²) >= 11 is 0. The van der Waals surface area contributed by atoms with Gasteiger partial charge in [-0.05, 0) is 18.4 Å². The lowest BCUT2D eigenvalue weighted by molar-refractivity contribution is -0.120. The van der Waals surface area contributed by atoms with Gasteiger partial charge in [0.15, 0.2) is 0 Å². The Morgan fingerprint density at radius 1 is 1.33 bits per heavy atom. The minimum Gasteiger partial charge on any atom is -0.300 e. The van der Waals surface area contributed by atoms with Crippen LogP contribution in [0.5, 0.6) is 0 Å². The Morgan fingerprint density at radius 3 is 2.67 bits per heavy atom. The molecule has 0 saturated heterocycles. The van der Waals surface area contributed by atoms with Crippen molar-refractivity contribution in [1.29, 1.82) is 0 Å². The highest BCUT2D eigenvalue weighted by atomic mass is 16.1. The Morgan fingerprint density at radius 2 is 2.06 bits per heavy atom. The highest BCUT2D eigenvalue weighted by Gasteiger charge is 2.16. The summed E-state index contributed by atoms with van der Waals surface area (Å²) in [5.41, 5.74) is 1.16. The van der Waals surface area contributed by atoms with Crippen molar-refractivity contribution in [2.45, 2.75) is 57.8 Å². The molecule has 1 saturated carbocycles. The fourth-order valence-corrected chi connectivity index (χ4v) is 2.91. The van der Waals surface area contributed by atoms with Crippen molar-refractivity contribution in [3.63, 3.8) is 0 Å². The van der Waals surface area contributed by atoms with Crippen molar-refractivity contribution in [3.05, 3.63) is 18.0 Å². The van der Waals surface area contributed by atoms with E-state index in [1.165, 1.54) is 38.5 Å². The van der Waals surface area contributed by atoms with Gasteiger partial charge in [-0.15, -0.1) is 0 Å². The smallest absolute Gasteiger partial charge is 0.133 e. The Kier molecular flexibility index (Phi) is 4.97. The minimum atomic E-state index is 0.433. The number of aromatic nitrogens is 2. The van der Waals surface area contributed by atoms with Gasteiger partial charge in [0.05, 0.1) is 0 Å². The van der Waals surface area contributed by atoms with Crippen LogP contribution in [0, 0.1) is 5.92 Å². The molecule has 1 aliphatic carbocycles. The number of carbonyl (C=O) groups excluding carboxylic acids is 1. The maximum absolute atomic E-state index is 12.0. The summed E-state index contributed by atoms with van der Waals surface area (Å²) < 4.78 is 1.86. The van der Waals surface area contributed by atoms with E-state index < -0.39 is 0 Å². The summed E-state index contributed by atoms with van der Waals surface area (Å²) in [7, 11) is 1.94. The number of nitrogens with zero attached hydrogens (tertiary/aromatic N) is 2. The molecule has 0 bridgehead atoms. The van der Waals surface area contributed by atoms with Gasteiger partial charge in [0, 0.05) is 31.8 Å². The van der Waals surface area contributed by atoms with Gasteiger partial charge >= 0.3 is 0 Å². The zero-order chi connectivity index (χ0) is 12.8. The largest absolute Gasteiger partial charge is 0.300 e. The molecule has 1 aromatic heterocycles. The maximum Gasteiger partial charge on any atom is 0.133 e. The first kappa shape index (κ1) is 13.3. The number of rotatable bonds is 5. The van der Waals surface area contributed by atoms with E-state index in [1.54, 1.807) is 6.20 Å². The fraction of sp³-hybridized carbons (Fsp3) is 0.733. The Labute approximate surface area is 110 Å². The van der Waals surface area contributed by atoms with E-state index in [2.05, 4.69) is 5.10 Å². The van der Waals surface area contributed by atoms with Crippen LogP contribution < -0.4 is 0 Å². The topological polar surface area (TPSA) is 34.9 Å². The second kappa shape index (κ2) is 6.72. The zero-order valence-electron chi connectivity index (χ0n) is 11.4. The lowest BCUT2D eigenvalue weighted by atomic mass is 9.93. The number of aryl methyl sites for hydroxylation is 2. The molecule has 0 N–H and O–H groups in total. The van der Waals surface area contributed by atoms with Crippen LogP contribution in [0.3, 0.4) is 0 Å². The van der Waals surface area contributed by atoms with Crippen molar-refractivity contribution in [2.75, 3.05) is 0 Å². The van der Waals surface area contributed by atoms with Crippen molar-refractivity contribution in [3.8, 4) is 0 Å². The third-order valence-corrected chi connectivity index (χ3v) is 4.07. The highest BCUT2D eigenvalue weighted by Crippen LogP contribution is 2.26. The molecule has 1 fully saturated rings. The second-order valence-corrected chi connectivity index (χ2v) is 5.55. The maximum atomic E-state index is 12.0. The number of ketones is 1. The summed E-state index contributed by atoms with van der Waals surface area (Å²) in [5.74, 6) is 1.09. The lowest BCUT2D eigenvalue weighted by Crippen LogP contribution is -2.10. The van der Waals surface area contributed by atoms with E-state index in [-0.39, 0.29) is 0 Å². The first-order valence-corrected chi connectivity index (χ1v) is 7.24. The van der Waals surface area contributed by atoms with Gasteiger partial charge in [-0.3, -0.25) is 9.48 Å². The second-order valence-electron chi connectivity index (χ2n) is 5.55. The summed E-state index contributed by atoms with van der Waals surface area (Å²) in [6.07, 6.45) is 12.0. The molecule has 0 unspecified atom stereocenters. The zero-order valence-corrected chi connectivity index (χ0v) is 11.4. The molecule has 0 radical (unpaired) electrons. The van der Waals surface area contributed by atoms with Gasteiger partial charge in [-0.25, -0.2) is 0 Å². The van der Waals surface area contributed by atoms with Crippen LogP contribution in [-0.2, 0) is 18.3 Å². The molecule has 1 aromatic rings. The third-order valence-electron chi connectivity index (χ3n) is 4.07. The molecule has 0 aromatic carbocycles. The van der Waals surface area contributed by atoms with Crippen molar-refractivity contribution >= 4 is 5.78 Å². The van der Waals surface area contributed by atoms with Crippen molar-refractivity contribution < 1.29 is 4.79 Å². The first-order chi connectivity index (χ1) is 8.75. The Hall–Kier alpha value is -1.12. The molecule has 1 heterocycles. The summed E-state index contributed by atoms with van der Waals surface area (Å²) in [6, 6.07) is 2.00. The molecule has 0 spiro atoms. The lowest BCUT2D eigenvalue weighted by Gasteiger charge is -2.12. The number of hydrogen-bond acceptors (Lipinski definition) is 2. The summed E-state index contributed by atoms with van der Waals surface area (Å²) in [4.78, 5) is 12.0. The van der Waals surface area contributed by atoms with Crippen LogP contribution in [0.2, 0.25) is 0 Å². The van der Waals surface area contributed by atoms with E-state index >= 15 is 0 Å². The van der Waals surface area contributed by atoms with Gasteiger partial charge in [-0.2, -0.15) is 5.10 Å². The molecule has 18 heavy (non-hydrogen) atoms. The van der Waals surface area contributed by atoms with Crippen LogP contribution in [-0.4, -0.2) is 15.6 Å². The van der Waals surface area contributed by atoms with Gasteiger partial charge in [0.2, 0.25) is 0 Å². The SMILES string of the molecule is Cn1nccc1CCC(=O)CC1CCCCCC1. The number of Topliss-reactive ketones (excluding diaryl/α,β-unsaturated/α-hetero) is 1. The fourth-order valence-electron chi connectivity index (χ4n) is 2.91. The van der Waals surface area contributed by atoms with Crippen molar-refractivity contribution in [2.24, 2.45) is 13.0 Å². The minimum absolute atomic E-state index is 0.433. The quantitative estimate of drug-likeness (QED) is 0.749. The predicted octanol–water partition coefficient (Wildman–Crippen LogP) is 3.28. The third kappa shape index (κ3) is 3.97. The highest BCUT2D eigenvalue weighted by molar-refractivity contribution is 5.78. The molecule has 100 valence electrons. The monoisotopic (exact) mass is 248 g/mol. The van der Waals surface area contributed by atoms with Gasteiger partial charge in [0.1, 0.15) is 5.78 Å². The van der Waals surface area contributed by atoms with Gasteiger partial charge in [0.25, 0.3) is 0 Å². The normalized spacial score (nSPS) is 17.6. The van der Waals surface area contributed by atoms with Gasteiger partial charge < -0.3 is 0 Å². The van der Waals surface area contributed by atoms with Crippen LogP contribution in [0.4, 0.5) is 0 Å². The average Bonchev–Trinajstić information content (AvgIpc) is 2.61. The van der Waals surface area contributed by atoms with Gasteiger partial charge in [-0.1, -0.05) is 38.5 Å². The number of hydrogen-bond donors (Lipinski definition) is 0. The van der Waals surface area contributed by atoms with Crippen LogP contribution in [0.15, 0.2) is 12.3 Å². The number of carbonyl (C=O) groups is 1. The molecule has 0 aliphatic heterocycles. The molecule has 0 atom stereocenters. The van der Waals surface area contributed by atoms with Crippen molar-refractivity contribution in [1.82, 2.24) is 9.78 Å². The molecule has 1 aliphatic rings. The first-order valence-electron chi connectivity index (χ1n) is 7.24. The Balaban J connectivity index is 1.73. The summed E-state index contributed by atoms with van der Waals surface area (Å²) in [5, 5.41) is 4.13.